The molecule has 0 aliphatic rings. The van der Waals surface area contributed by atoms with E-state index in [1.807, 2.05) is 0 Å². The number of anilines is 1. The first-order valence-electron chi connectivity index (χ1n) is 8.12. The van der Waals surface area contributed by atoms with Gasteiger partial charge in [-0.05, 0) is 49.4 Å². The predicted octanol–water partition coefficient (Wildman–Crippen LogP) is 5.79. The number of hydrogen-bond acceptors (Lipinski definition) is 4. The summed E-state index contributed by atoms with van der Waals surface area (Å²) in [6, 6.07) is 17.0. The van der Waals surface area contributed by atoms with Gasteiger partial charge in [-0.25, -0.2) is 8.42 Å². The van der Waals surface area contributed by atoms with Gasteiger partial charge < -0.3 is 4.74 Å². The molecule has 5 nitrogen and oxygen atoms in total. The van der Waals surface area contributed by atoms with E-state index in [2.05, 4.69) is 4.72 Å². The summed E-state index contributed by atoms with van der Waals surface area (Å²) in [6.45, 7) is 1.41. The Labute approximate surface area is 172 Å². The molecule has 0 heterocycles. The molecule has 0 radical (unpaired) electrons. The maximum Gasteiger partial charge on any atom is 0.262 e. The summed E-state index contributed by atoms with van der Waals surface area (Å²) in [5.74, 6) is 0.467. The number of ether oxygens (including phenoxy) is 1. The van der Waals surface area contributed by atoms with Gasteiger partial charge in [0.1, 0.15) is 5.75 Å². The molecule has 0 spiro atoms. The van der Waals surface area contributed by atoms with Crippen molar-refractivity contribution >= 4 is 44.7 Å². The number of benzene rings is 3. The van der Waals surface area contributed by atoms with Crippen LogP contribution in [0.15, 0.2) is 71.6 Å². The van der Waals surface area contributed by atoms with Crippen LogP contribution in [0.3, 0.4) is 0 Å². The molecule has 3 rings (SSSR count). The zero-order valence-electron chi connectivity index (χ0n) is 14.6. The van der Waals surface area contributed by atoms with Crippen LogP contribution in [-0.2, 0) is 10.0 Å². The molecule has 0 amide bonds. The lowest BCUT2D eigenvalue weighted by Gasteiger charge is -2.14. The summed E-state index contributed by atoms with van der Waals surface area (Å²) in [5, 5.41) is 0.755. The normalized spacial score (nSPS) is 11.1. The third-order valence-corrected chi connectivity index (χ3v) is 5.73. The number of Topliss-reactive ketones (excluding diaryl/α,β-unsaturated/α-hetero) is 1. The molecule has 1 N–H and O–H groups in total. The quantitative estimate of drug-likeness (QED) is 0.497. The van der Waals surface area contributed by atoms with Gasteiger partial charge in [0.15, 0.2) is 11.5 Å². The second-order valence-corrected chi connectivity index (χ2v) is 8.39. The molecule has 3 aromatic rings. The third-order valence-electron chi connectivity index (χ3n) is 3.82. The molecule has 0 atom stereocenters. The number of sulfonamides is 1. The highest BCUT2D eigenvalue weighted by molar-refractivity contribution is 7.92. The molecular weight excluding hydrogens is 421 g/mol. The molecule has 0 fully saturated rings. The molecular formula is C20H15Cl2NO4S. The molecule has 0 saturated heterocycles. The highest BCUT2D eigenvalue weighted by Crippen LogP contribution is 2.35. The van der Waals surface area contributed by atoms with Crippen molar-refractivity contribution in [2.75, 3.05) is 4.72 Å². The van der Waals surface area contributed by atoms with Crippen LogP contribution in [-0.4, -0.2) is 14.2 Å². The summed E-state index contributed by atoms with van der Waals surface area (Å²) in [5.41, 5.74) is 0.671. The van der Waals surface area contributed by atoms with Gasteiger partial charge >= 0.3 is 0 Å². The second-order valence-electron chi connectivity index (χ2n) is 5.86. The SMILES string of the molecule is CC(=O)c1ccc(S(=O)(=O)Nc2ccccc2Oc2ccc(Cl)cc2Cl)cc1. The van der Waals surface area contributed by atoms with E-state index in [4.69, 9.17) is 27.9 Å². The Bertz CT molecular complexity index is 1130. The molecule has 8 heteroatoms. The van der Waals surface area contributed by atoms with E-state index in [9.17, 15) is 13.2 Å². The Morgan fingerprint density at radius 2 is 1.61 bits per heavy atom. The van der Waals surface area contributed by atoms with Crippen LogP contribution in [0.2, 0.25) is 10.0 Å². The molecule has 0 aliphatic heterocycles. The number of halogens is 2. The third kappa shape index (κ3) is 4.65. The summed E-state index contributed by atoms with van der Waals surface area (Å²) in [6.07, 6.45) is 0. The Hall–Kier alpha value is -2.54. The topological polar surface area (TPSA) is 72.5 Å². The van der Waals surface area contributed by atoms with Crippen molar-refractivity contribution in [2.45, 2.75) is 11.8 Å². The minimum absolute atomic E-state index is 0.0248. The first kappa shape index (κ1) is 20.2. The van der Waals surface area contributed by atoms with Gasteiger partial charge in [-0.1, -0.05) is 47.5 Å². The van der Waals surface area contributed by atoms with Gasteiger partial charge in [-0.2, -0.15) is 0 Å². The first-order chi connectivity index (χ1) is 13.3. The van der Waals surface area contributed by atoms with Gasteiger partial charge in [-0.15, -0.1) is 0 Å². The fourth-order valence-electron chi connectivity index (χ4n) is 2.39. The fraction of sp³-hybridized carbons (Fsp3) is 0.0500. The molecule has 144 valence electrons. The van der Waals surface area contributed by atoms with Gasteiger partial charge in [0.2, 0.25) is 0 Å². The Kier molecular flexibility index (Phi) is 5.93. The van der Waals surface area contributed by atoms with Gasteiger partial charge in [0, 0.05) is 10.6 Å². The molecule has 0 aromatic heterocycles. The van der Waals surface area contributed by atoms with E-state index in [1.165, 1.54) is 37.3 Å². The lowest BCUT2D eigenvalue weighted by atomic mass is 10.2. The van der Waals surface area contributed by atoms with E-state index >= 15 is 0 Å². The Morgan fingerprint density at radius 1 is 0.929 bits per heavy atom. The summed E-state index contributed by atoms with van der Waals surface area (Å²) in [7, 11) is -3.88. The Morgan fingerprint density at radius 3 is 2.25 bits per heavy atom. The number of carbonyl (C=O) groups excluding carboxylic acids is 1. The van der Waals surface area contributed by atoms with E-state index in [1.54, 1.807) is 36.4 Å². The van der Waals surface area contributed by atoms with E-state index in [-0.39, 0.29) is 22.1 Å². The number of hydrogen-bond donors (Lipinski definition) is 1. The fourth-order valence-corrected chi connectivity index (χ4v) is 3.91. The van der Waals surface area contributed by atoms with Gasteiger partial charge in [0.05, 0.1) is 15.6 Å². The average molecular weight is 436 g/mol. The van der Waals surface area contributed by atoms with Crippen molar-refractivity contribution < 1.29 is 17.9 Å². The van der Waals surface area contributed by atoms with Crippen molar-refractivity contribution in [3.05, 3.63) is 82.3 Å². The molecule has 3 aromatic carbocycles. The van der Waals surface area contributed by atoms with E-state index < -0.39 is 10.0 Å². The van der Waals surface area contributed by atoms with E-state index in [0.29, 0.717) is 21.4 Å². The van der Waals surface area contributed by atoms with Crippen LogP contribution in [0.5, 0.6) is 11.5 Å². The van der Waals surface area contributed by atoms with Crippen molar-refractivity contribution in [3.8, 4) is 11.5 Å². The minimum Gasteiger partial charge on any atom is -0.454 e. The molecule has 0 aliphatic carbocycles. The Balaban J connectivity index is 1.89. The number of carbonyl (C=O) groups is 1. The van der Waals surface area contributed by atoms with E-state index in [0.717, 1.165) is 0 Å². The largest absolute Gasteiger partial charge is 0.454 e. The smallest absolute Gasteiger partial charge is 0.262 e. The van der Waals surface area contributed by atoms with Crippen LogP contribution in [0.4, 0.5) is 5.69 Å². The first-order valence-corrected chi connectivity index (χ1v) is 10.4. The van der Waals surface area contributed by atoms with Crippen molar-refractivity contribution in [3.63, 3.8) is 0 Å². The monoisotopic (exact) mass is 435 g/mol. The van der Waals surface area contributed by atoms with Crippen LogP contribution in [0, 0.1) is 0 Å². The van der Waals surface area contributed by atoms with Crippen molar-refractivity contribution in [2.24, 2.45) is 0 Å². The zero-order chi connectivity index (χ0) is 20.3. The van der Waals surface area contributed by atoms with Crippen molar-refractivity contribution in [1.82, 2.24) is 0 Å². The number of rotatable bonds is 6. The molecule has 0 unspecified atom stereocenters. The standard InChI is InChI=1S/C20H15Cl2NO4S/c1-13(24)14-6-9-16(10-7-14)28(25,26)23-18-4-2-3-5-20(18)27-19-11-8-15(21)12-17(19)22/h2-12,23H,1H3. The van der Waals surface area contributed by atoms with Crippen LogP contribution < -0.4 is 9.46 Å². The van der Waals surface area contributed by atoms with Gasteiger partial charge in [-0.3, -0.25) is 9.52 Å². The summed E-state index contributed by atoms with van der Waals surface area (Å²) < 4.78 is 33.7. The molecule has 0 saturated carbocycles. The van der Waals surface area contributed by atoms with Crippen LogP contribution >= 0.6 is 23.2 Å². The van der Waals surface area contributed by atoms with Crippen LogP contribution in [0.25, 0.3) is 0 Å². The zero-order valence-corrected chi connectivity index (χ0v) is 17.0. The number of nitrogens with one attached hydrogen (secondary N) is 1. The number of para-hydroxylation sites is 2. The lowest BCUT2D eigenvalue weighted by molar-refractivity contribution is 0.101. The highest BCUT2D eigenvalue weighted by Gasteiger charge is 2.17. The summed E-state index contributed by atoms with van der Waals surface area (Å²) in [4.78, 5) is 11.4. The predicted molar refractivity (Wildman–Crippen MR) is 110 cm³/mol. The second kappa shape index (κ2) is 8.22. The van der Waals surface area contributed by atoms with Crippen LogP contribution in [0.1, 0.15) is 17.3 Å². The van der Waals surface area contributed by atoms with Crippen molar-refractivity contribution in [1.29, 1.82) is 0 Å². The maximum absolute atomic E-state index is 12.7. The highest BCUT2D eigenvalue weighted by atomic mass is 35.5. The minimum atomic E-state index is -3.88. The molecule has 28 heavy (non-hydrogen) atoms. The molecule has 0 bridgehead atoms. The van der Waals surface area contributed by atoms with Gasteiger partial charge in [0.25, 0.3) is 10.0 Å². The maximum atomic E-state index is 12.7. The lowest BCUT2D eigenvalue weighted by Crippen LogP contribution is -2.13. The average Bonchev–Trinajstić information content (AvgIpc) is 2.65. The number of ketones is 1. The summed E-state index contributed by atoms with van der Waals surface area (Å²) >= 11 is 12.0.